The second kappa shape index (κ2) is 15.8. The molecule has 0 fully saturated rings. The van der Waals surface area contributed by atoms with Gasteiger partial charge in [0.1, 0.15) is 22.3 Å². The first-order valence-electron chi connectivity index (χ1n) is 24.2. The molecule has 10 aromatic carbocycles. The van der Waals surface area contributed by atoms with Crippen LogP contribution in [0, 0.1) is 0 Å². The van der Waals surface area contributed by atoms with Gasteiger partial charge in [0.05, 0.1) is 28.0 Å². The summed E-state index contributed by atoms with van der Waals surface area (Å²) in [6.45, 7) is 4.61. The van der Waals surface area contributed by atoms with Gasteiger partial charge in [-0.05, 0) is 118 Å². The van der Waals surface area contributed by atoms with E-state index < -0.39 is 11.2 Å². The first kappa shape index (κ1) is 41.5. The van der Waals surface area contributed by atoms with Crippen molar-refractivity contribution in [1.29, 1.82) is 0 Å². The van der Waals surface area contributed by atoms with Gasteiger partial charge in [-0.15, -0.1) is 0 Å². The molecule has 0 N–H and O–H groups in total. The van der Waals surface area contributed by atoms with Crippen LogP contribution in [0.2, 0.25) is 0 Å². The third-order valence-electron chi connectivity index (χ3n) is 14.8. The molecule has 0 amide bonds. The molecule has 0 saturated heterocycles. The van der Waals surface area contributed by atoms with Crippen LogP contribution in [0.3, 0.4) is 0 Å². The lowest BCUT2D eigenvalue weighted by Gasteiger charge is -2.29. The van der Waals surface area contributed by atoms with E-state index in [1.165, 1.54) is 26.8 Å². The minimum Gasteiger partial charge on any atom is -0.456 e. The minimum atomic E-state index is -0.466. The average Bonchev–Trinajstić information content (AvgIpc) is 4.07. The normalized spacial score (nSPS) is 12.8. The van der Waals surface area contributed by atoms with Crippen LogP contribution in [0.5, 0.6) is 0 Å². The summed E-state index contributed by atoms with van der Waals surface area (Å²) in [6.07, 6.45) is 0. The van der Waals surface area contributed by atoms with Gasteiger partial charge in [-0.25, -0.2) is 9.36 Å². The number of nitrogens with zero attached hydrogens (tertiary/aromatic N) is 3. The number of hydrogen-bond donors (Lipinski definition) is 0. The Kier molecular flexibility index (Phi) is 9.10. The summed E-state index contributed by atoms with van der Waals surface area (Å²) in [6, 6.07) is 75.7. The van der Waals surface area contributed by atoms with Crippen molar-refractivity contribution in [2.75, 3.05) is 4.90 Å². The maximum absolute atomic E-state index is 14.9. The minimum absolute atomic E-state index is 0.213. The Morgan fingerprint density at radius 1 is 0.417 bits per heavy atom. The second-order valence-electron chi connectivity index (χ2n) is 19.2. The lowest BCUT2D eigenvalue weighted by molar-refractivity contribution is 0.660. The zero-order valence-electron chi connectivity index (χ0n) is 39.3. The van der Waals surface area contributed by atoms with Crippen molar-refractivity contribution in [2.45, 2.75) is 19.3 Å². The number of para-hydroxylation sites is 3. The van der Waals surface area contributed by atoms with Gasteiger partial charge in [-0.2, -0.15) is 0 Å². The Labute approximate surface area is 413 Å². The van der Waals surface area contributed by atoms with Crippen molar-refractivity contribution in [1.82, 2.24) is 9.13 Å². The van der Waals surface area contributed by atoms with Crippen LogP contribution in [-0.4, -0.2) is 9.13 Å². The first-order chi connectivity index (χ1) is 35.3. The summed E-state index contributed by atoms with van der Waals surface area (Å²) in [5.41, 5.74) is 15.7. The molecule has 13 aromatic rings. The molecule has 0 bridgehead atoms. The molecule has 1 aliphatic carbocycles. The van der Waals surface area contributed by atoms with E-state index in [9.17, 15) is 9.59 Å². The van der Waals surface area contributed by atoms with E-state index in [1.807, 2.05) is 97.1 Å². The number of furan rings is 2. The van der Waals surface area contributed by atoms with Crippen molar-refractivity contribution >= 4 is 71.8 Å². The highest BCUT2D eigenvalue weighted by molar-refractivity contribution is 6.10. The third-order valence-corrected chi connectivity index (χ3v) is 14.8. The molecule has 0 radical (unpaired) electrons. The van der Waals surface area contributed by atoms with Crippen LogP contribution in [0.25, 0.3) is 99.5 Å². The fraction of sp³-hybridized carbons (Fsp3) is 0.0462. The van der Waals surface area contributed by atoms with Gasteiger partial charge >= 0.3 is 5.69 Å². The molecule has 0 atom stereocenters. The molecule has 0 spiro atoms. The zero-order valence-corrected chi connectivity index (χ0v) is 39.3. The van der Waals surface area contributed by atoms with Crippen LogP contribution in [-0.2, 0) is 5.41 Å². The molecular formula is C65H43N3O4. The quantitative estimate of drug-likeness (QED) is 0.159. The second-order valence-corrected chi connectivity index (χ2v) is 19.2. The number of rotatable bonds is 7. The molecule has 3 heterocycles. The standard InChI is InChI=1S/C65H43N3O4/c1-65(2)54-21-9-6-17-50(54)61-55(65)22-13-24-57(61)66(43-32-28-42(29-33-43)47-19-12-20-49-48-16-8-11-25-58(48)72-62(47)49)45-34-36-59-52(38-45)53-39-46(35-37-60(53)71-59)68-63(69)51-18-7-10-23-56(51)67(64(68)70)44-30-26-41(27-31-44)40-14-4-3-5-15-40/h3-39H,1-2H3. The maximum Gasteiger partial charge on any atom is 0.340 e. The number of aromatic nitrogens is 2. The van der Waals surface area contributed by atoms with E-state index in [-0.39, 0.29) is 5.41 Å². The largest absolute Gasteiger partial charge is 0.456 e. The summed E-state index contributed by atoms with van der Waals surface area (Å²) in [7, 11) is 0. The lowest BCUT2D eigenvalue weighted by atomic mass is 9.82. The summed E-state index contributed by atoms with van der Waals surface area (Å²) in [5, 5.41) is 4.24. The van der Waals surface area contributed by atoms with Crippen molar-refractivity contribution in [3.05, 3.63) is 256 Å². The third kappa shape index (κ3) is 6.23. The topological polar surface area (TPSA) is 73.5 Å². The number of fused-ring (bicyclic) bond motifs is 10. The predicted molar refractivity (Wildman–Crippen MR) is 293 cm³/mol. The van der Waals surface area contributed by atoms with E-state index in [1.54, 1.807) is 16.7 Å². The number of hydrogen-bond acceptors (Lipinski definition) is 5. The van der Waals surface area contributed by atoms with E-state index in [4.69, 9.17) is 8.83 Å². The molecule has 7 heteroatoms. The van der Waals surface area contributed by atoms with Gasteiger partial charge in [-0.1, -0.05) is 153 Å². The summed E-state index contributed by atoms with van der Waals surface area (Å²) < 4.78 is 15.9. The van der Waals surface area contributed by atoms with Gasteiger partial charge in [0.2, 0.25) is 0 Å². The summed E-state index contributed by atoms with van der Waals surface area (Å²) in [4.78, 5) is 31.8. The Morgan fingerprint density at radius 3 is 1.85 bits per heavy atom. The Morgan fingerprint density at radius 2 is 1.01 bits per heavy atom. The van der Waals surface area contributed by atoms with Crippen LogP contribution in [0.4, 0.5) is 17.1 Å². The molecule has 72 heavy (non-hydrogen) atoms. The molecule has 0 aliphatic heterocycles. The fourth-order valence-electron chi connectivity index (χ4n) is 11.3. The van der Waals surface area contributed by atoms with E-state index in [2.05, 4.69) is 134 Å². The maximum atomic E-state index is 14.9. The highest BCUT2D eigenvalue weighted by Gasteiger charge is 2.38. The Balaban J connectivity index is 0.936. The smallest absolute Gasteiger partial charge is 0.340 e. The zero-order chi connectivity index (χ0) is 48.2. The molecule has 3 aromatic heterocycles. The highest BCUT2D eigenvalue weighted by atomic mass is 16.3. The highest BCUT2D eigenvalue weighted by Crippen LogP contribution is 2.54. The van der Waals surface area contributed by atoms with Gasteiger partial charge in [0.25, 0.3) is 5.56 Å². The van der Waals surface area contributed by atoms with Crippen LogP contribution in [0.15, 0.2) is 243 Å². The SMILES string of the molecule is CC1(C)c2ccccc2-c2c(N(c3ccc(-c4cccc5c4oc4ccccc45)cc3)c3ccc4oc5ccc(-n6c(=O)c7ccccc7n(-c7ccc(-c8ccccc8)cc7)c6=O)cc5c4c3)cccc21. The average molecular weight is 930 g/mol. The van der Waals surface area contributed by atoms with Gasteiger partial charge in [0.15, 0.2) is 0 Å². The number of benzene rings is 10. The van der Waals surface area contributed by atoms with Crippen molar-refractivity contribution in [3.8, 4) is 44.8 Å². The predicted octanol–water partition coefficient (Wildman–Crippen LogP) is 16.1. The van der Waals surface area contributed by atoms with Crippen molar-refractivity contribution < 1.29 is 8.83 Å². The van der Waals surface area contributed by atoms with Crippen LogP contribution in [0.1, 0.15) is 25.0 Å². The van der Waals surface area contributed by atoms with Gasteiger partial charge < -0.3 is 13.7 Å². The van der Waals surface area contributed by atoms with E-state index in [0.717, 1.165) is 72.0 Å². The molecule has 1 aliphatic rings. The molecule has 342 valence electrons. The number of anilines is 3. The van der Waals surface area contributed by atoms with Gasteiger partial charge in [-0.3, -0.25) is 9.36 Å². The van der Waals surface area contributed by atoms with E-state index >= 15 is 0 Å². The lowest BCUT2D eigenvalue weighted by Crippen LogP contribution is -2.38. The van der Waals surface area contributed by atoms with Crippen molar-refractivity contribution in [3.63, 3.8) is 0 Å². The monoisotopic (exact) mass is 929 g/mol. The van der Waals surface area contributed by atoms with Crippen molar-refractivity contribution in [2.24, 2.45) is 0 Å². The summed E-state index contributed by atoms with van der Waals surface area (Å²) >= 11 is 0. The van der Waals surface area contributed by atoms with Gasteiger partial charge in [0, 0.05) is 49.5 Å². The molecule has 7 nitrogen and oxygen atoms in total. The Bertz CT molecular complexity index is 4460. The molecule has 0 unspecified atom stereocenters. The molecular weight excluding hydrogens is 887 g/mol. The molecule has 0 saturated carbocycles. The Hall–Kier alpha value is -9.46. The first-order valence-corrected chi connectivity index (χ1v) is 24.2. The molecule has 14 rings (SSSR count). The van der Waals surface area contributed by atoms with Crippen LogP contribution >= 0.6 is 0 Å². The van der Waals surface area contributed by atoms with Crippen LogP contribution < -0.4 is 16.1 Å². The summed E-state index contributed by atoms with van der Waals surface area (Å²) in [5.74, 6) is 0. The van der Waals surface area contributed by atoms with E-state index in [0.29, 0.717) is 33.4 Å². The fourth-order valence-corrected chi connectivity index (χ4v) is 11.3.